The molecule has 0 radical (unpaired) electrons. The number of nitriles is 1. The summed E-state index contributed by atoms with van der Waals surface area (Å²) in [6.07, 6.45) is 7.32. The van der Waals surface area contributed by atoms with E-state index in [1.807, 2.05) is 0 Å². The molecule has 1 saturated carbocycles. The molecule has 0 spiro atoms. The molecule has 0 aliphatic heterocycles. The fourth-order valence-electron chi connectivity index (χ4n) is 3.98. The Hall–Kier alpha value is -0.510. The van der Waals surface area contributed by atoms with Gasteiger partial charge in [0.05, 0.1) is 6.07 Å². The largest absolute Gasteiger partial charge is 0.198 e. The number of hydrogen-bond acceptors (Lipinski definition) is 1. The summed E-state index contributed by atoms with van der Waals surface area (Å²) < 4.78 is 0. The molecule has 0 aromatic rings. The Morgan fingerprint density at radius 3 is 1.89 bits per heavy atom. The molecular weight excluding hydrogens is 230 g/mol. The van der Waals surface area contributed by atoms with E-state index in [-0.39, 0.29) is 0 Å². The van der Waals surface area contributed by atoms with Gasteiger partial charge in [0.1, 0.15) is 0 Å². The molecule has 110 valence electrons. The summed E-state index contributed by atoms with van der Waals surface area (Å²) in [4.78, 5) is 0. The molecule has 19 heavy (non-hydrogen) atoms. The number of rotatable bonds is 3. The van der Waals surface area contributed by atoms with Gasteiger partial charge in [-0.3, -0.25) is 0 Å². The van der Waals surface area contributed by atoms with E-state index >= 15 is 0 Å². The molecule has 0 N–H and O–H groups in total. The first-order valence-electron chi connectivity index (χ1n) is 8.03. The first kappa shape index (κ1) is 16.5. The highest BCUT2D eigenvalue weighted by molar-refractivity contribution is 4.88. The third-order valence-electron chi connectivity index (χ3n) is 5.25. The van der Waals surface area contributed by atoms with Gasteiger partial charge < -0.3 is 0 Å². The summed E-state index contributed by atoms with van der Waals surface area (Å²) in [7, 11) is 0. The summed E-state index contributed by atoms with van der Waals surface area (Å²) in [5.74, 6) is 2.44. The molecule has 1 rings (SSSR count). The molecule has 0 aromatic carbocycles. The zero-order valence-corrected chi connectivity index (χ0v) is 13.9. The summed E-state index contributed by atoms with van der Waals surface area (Å²) in [5, 5.41) is 8.88. The Morgan fingerprint density at radius 2 is 1.53 bits per heavy atom. The highest BCUT2D eigenvalue weighted by Crippen LogP contribution is 2.46. The van der Waals surface area contributed by atoms with Crippen LogP contribution in [0.2, 0.25) is 0 Å². The molecule has 1 unspecified atom stereocenters. The van der Waals surface area contributed by atoms with Gasteiger partial charge in [-0.1, -0.05) is 41.5 Å². The lowest BCUT2D eigenvalue weighted by atomic mass is 9.62. The predicted octanol–water partition coefficient (Wildman–Crippen LogP) is 5.80. The van der Waals surface area contributed by atoms with Crippen molar-refractivity contribution in [3.05, 3.63) is 0 Å². The van der Waals surface area contributed by atoms with Crippen LogP contribution in [0.1, 0.15) is 80.1 Å². The molecule has 0 amide bonds. The van der Waals surface area contributed by atoms with Crippen LogP contribution >= 0.6 is 0 Å². The van der Waals surface area contributed by atoms with Crippen molar-refractivity contribution >= 4 is 0 Å². The second kappa shape index (κ2) is 6.29. The van der Waals surface area contributed by atoms with Gasteiger partial charge in [0.25, 0.3) is 0 Å². The SMILES string of the molecule is CC(C)(C)C1CCC(C(CCC#N)C(C)(C)C)CC1. The normalized spacial score (nSPS) is 26.8. The summed E-state index contributed by atoms with van der Waals surface area (Å²) in [6.45, 7) is 14.2. The van der Waals surface area contributed by atoms with Gasteiger partial charge >= 0.3 is 0 Å². The summed E-state index contributed by atoms with van der Waals surface area (Å²) in [6, 6.07) is 2.34. The fraction of sp³-hybridized carbons (Fsp3) is 0.944. The van der Waals surface area contributed by atoms with Gasteiger partial charge in [0, 0.05) is 6.42 Å². The van der Waals surface area contributed by atoms with Crippen LogP contribution in [0.3, 0.4) is 0 Å². The van der Waals surface area contributed by atoms with E-state index in [1.54, 1.807) is 0 Å². The molecule has 0 heterocycles. The second-order valence-electron chi connectivity index (χ2n) is 8.65. The van der Waals surface area contributed by atoms with Crippen LogP contribution in [0.4, 0.5) is 0 Å². The van der Waals surface area contributed by atoms with E-state index in [4.69, 9.17) is 5.26 Å². The van der Waals surface area contributed by atoms with E-state index < -0.39 is 0 Å². The third kappa shape index (κ3) is 4.83. The van der Waals surface area contributed by atoms with Crippen LogP contribution in [0.25, 0.3) is 0 Å². The number of hydrogen-bond donors (Lipinski definition) is 0. The molecule has 1 atom stereocenters. The maximum Gasteiger partial charge on any atom is 0.0621 e. The van der Waals surface area contributed by atoms with E-state index in [2.05, 4.69) is 47.6 Å². The van der Waals surface area contributed by atoms with Crippen molar-refractivity contribution < 1.29 is 0 Å². The summed E-state index contributed by atoms with van der Waals surface area (Å²) in [5.41, 5.74) is 0.810. The quantitative estimate of drug-likeness (QED) is 0.630. The lowest BCUT2D eigenvalue weighted by molar-refractivity contribution is 0.0723. The molecule has 0 bridgehead atoms. The van der Waals surface area contributed by atoms with Crippen LogP contribution < -0.4 is 0 Å². The Labute approximate surface area is 120 Å². The van der Waals surface area contributed by atoms with Crippen molar-refractivity contribution in [1.82, 2.24) is 0 Å². The van der Waals surface area contributed by atoms with Gasteiger partial charge in [0.15, 0.2) is 0 Å². The Kier molecular flexibility index (Phi) is 5.48. The molecular formula is C18H33N. The van der Waals surface area contributed by atoms with E-state index in [0.29, 0.717) is 16.7 Å². The molecule has 1 aliphatic rings. The van der Waals surface area contributed by atoms with Crippen LogP contribution in [-0.4, -0.2) is 0 Å². The first-order valence-corrected chi connectivity index (χ1v) is 8.03. The van der Waals surface area contributed by atoms with Crippen molar-refractivity contribution in [2.45, 2.75) is 80.1 Å². The Morgan fingerprint density at radius 1 is 1.00 bits per heavy atom. The molecule has 1 aliphatic carbocycles. The minimum Gasteiger partial charge on any atom is -0.198 e. The minimum atomic E-state index is 0.343. The average Bonchev–Trinajstić information content (AvgIpc) is 2.27. The number of nitrogens with zero attached hydrogens (tertiary/aromatic N) is 1. The second-order valence-corrected chi connectivity index (χ2v) is 8.65. The molecule has 1 fully saturated rings. The minimum absolute atomic E-state index is 0.343. The lowest BCUT2D eigenvalue weighted by Crippen LogP contribution is -2.33. The predicted molar refractivity (Wildman–Crippen MR) is 82.7 cm³/mol. The van der Waals surface area contributed by atoms with Gasteiger partial charge in [-0.05, 0) is 60.7 Å². The van der Waals surface area contributed by atoms with Gasteiger partial charge in [-0.15, -0.1) is 0 Å². The van der Waals surface area contributed by atoms with Crippen LogP contribution in [-0.2, 0) is 0 Å². The monoisotopic (exact) mass is 263 g/mol. The van der Waals surface area contributed by atoms with Crippen LogP contribution in [0.15, 0.2) is 0 Å². The van der Waals surface area contributed by atoms with Crippen LogP contribution in [0, 0.1) is 39.9 Å². The van der Waals surface area contributed by atoms with Crippen molar-refractivity contribution in [2.75, 3.05) is 0 Å². The highest BCUT2D eigenvalue weighted by Gasteiger charge is 2.36. The van der Waals surface area contributed by atoms with Crippen molar-refractivity contribution in [1.29, 1.82) is 5.26 Å². The van der Waals surface area contributed by atoms with Crippen molar-refractivity contribution in [3.63, 3.8) is 0 Å². The van der Waals surface area contributed by atoms with E-state index in [9.17, 15) is 0 Å². The maximum absolute atomic E-state index is 8.88. The Balaban J connectivity index is 2.62. The van der Waals surface area contributed by atoms with Crippen molar-refractivity contribution in [3.8, 4) is 6.07 Å². The standard InChI is InChI=1S/C18H33N/c1-17(2,3)15-11-9-14(10-12-15)16(8-7-13-19)18(4,5)6/h14-16H,7-12H2,1-6H3. The zero-order chi connectivity index (χ0) is 14.7. The lowest BCUT2D eigenvalue weighted by Gasteiger charge is -2.43. The zero-order valence-electron chi connectivity index (χ0n) is 13.9. The molecule has 0 saturated heterocycles. The van der Waals surface area contributed by atoms with Gasteiger partial charge in [-0.25, -0.2) is 0 Å². The molecule has 1 nitrogen and oxygen atoms in total. The fourth-order valence-corrected chi connectivity index (χ4v) is 3.98. The van der Waals surface area contributed by atoms with Gasteiger partial charge in [-0.2, -0.15) is 5.26 Å². The van der Waals surface area contributed by atoms with E-state index in [0.717, 1.165) is 24.7 Å². The van der Waals surface area contributed by atoms with E-state index in [1.165, 1.54) is 25.7 Å². The summed E-state index contributed by atoms with van der Waals surface area (Å²) >= 11 is 0. The Bertz CT molecular complexity index is 302. The average molecular weight is 263 g/mol. The maximum atomic E-state index is 8.88. The van der Waals surface area contributed by atoms with Crippen LogP contribution in [0.5, 0.6) is 0 Å². The smallest absolute Gasteiger partial charge is 0.0621 e. The van der Waals surface area contributed by atoms with Crippen molar-refractivity contribution in [2.24, 2.45) is 28.6 Å². The molecule has 1 heteroatoms. The molecule has 0 aromatic heterocycles. The topological polar surface area (TPSA) is 23.8 Å². The first-order chi connectivity index (χ1) is 8.66. The highest BCUT2D eigenvalue weighted by atomic mass is 14.4. The third-order valence-corrected chi connectivity index (χ3v) is 5.25. The van der Waals surface area contributed by atoms with Gasteiger partial charge in [0.2, 0.25) is 0 Å².